The van der Waals surface area contributed by atoms with E-state index in [1.54, 1.807) is 0 Å². The summed E-state index contributed by atoms with van der Waals surface area (Å²) < 4.78 is 4.55. The molecular weight excluding hydrogens is 211 g/mol. The Morgan fingerprint density at radius 1 is 1.62 bits per heavy atom. The summed E-state index contributed by atoms with van der Waals surface area (Å²) in [4.78, 5) is 9.98. The Labute approximate surface area is 66.6 Å². The number of ether oxygens (including phenoxy) is 1. The third kappa shape index (κ3) is 9.55. The summed E-state index contributed by atoms with van der Waals surface area (Å²) in [5, 5.41) is 0. The Morgan fingerprint density at radius 3 is 2.25 bits per heavy atom. The minimum atomic E-state index is -0.193. The average molecular weight is 223 g/mol. The molecule has 0 N–H and O–H groups in total. The van der Waals surface area contributed by atoms with E-state index in [0.29, 0.717) is 6.61 Å². The number of hydrogen-bond donors (Lipinski definition) is 0. The maximum absolute atomic E-state index is 9.98. The van der Waals surface area contributed by atoms with Gasteiger partial charge in [-0.1, -0.05) is 6.92 Å². The number of hydrogen-bond acceptors (Lipinski definition) is 2. The summed E-state index contributed by atoms with van der Waals surface area (Å²) >= 11 is 0. The van der Waals surface area contributed by atoms with E-state index in [-0.39, 0.29) is 29.9 Å². The standard InChI is InChI=1S/C5H10O2.Sn.2H/c1-3-4-7-5(2)6;;;/h3-4H2,1-2H3;;;. The second-order valence-corrected chi connectivity index (χ2v) is 1.34. The van der Waals surface area contributed by atoms with Crippen LogP contribution in [0.25, 0.3) is 0 Å². The summed E-state index contributed by atoms with van der Waals surface area (Å²) in [6.07, 6.45) is 0.902. The molecule has 0 atom stereocenters. The molecule has 0 spiro atoms. The zero-order chi connectivity index (χ0) is 5.70. The van der Waals surface area contributed by atoms with E-state index < -0.39 is 0 Å². The monoisotopic (exact) mass is 224 g/mol. The molecule has 0 fully saturated rings. The van der Waals surface area contributed by atoms with Crippen LogP contribution in [0.5, 0.6) is 0 Å². The van der Waals surface area contributed by atoms with Gasteiger partial charge in [0.25, 0.3) is 0 Å². The van der Waals surface area contributed by atoms with E-state index in [1.165, 1.54) is 6.92 Å². The van der Waals surface area contributed by atoms with Crippen molar-refractivity contribution in [2.75, 3.05) is 6.61 Å². The van der Waals surface area contributed by atoms with Gasteiger partial charge in [0.1, 0.15) is 0 Å². The summed E-state index contributed by atoms with van der Waals surface area (Å²) in [6.45, 7) is 3.92. The zero-order valence-corrected chi connectivity index (χ0v) is 9.47. The van der Waals surface area contributed by atoms with Crippen molar-refractivity contribution in [3.8, 4) is 0 Å². The van der Waals surface area contributed by atoms with Crippen LogP contribution < -0.4 is 0 Å². The second-order valence-electron chi connectivity index (χ2n) is 1.34. The van der Waals surface area contributed by atoms with Gasteiger partial charge in [0.15, 0.2) is 0 Å². The van der Waals surface area contributed by atoms with Crippen LogP contribution in [-0.2, 0) is 9.53 Å². The molecule has 8 heavy (non-hydrogen) atoms. The second kappa shape index (κ2) is 7.27. The van der Waals surface area contributed by atoms with Crippen molar-refractivity contribution < 1.29 is 9.53 Å². The Hall–Kier alpha value is 0.269. The van der Waals surface area contributed by atoms with Crippen LogP contribution in [0.1, 0.15) is 20.3 Å². The van der Waals surface area contributed by atoms with Crippen LogP contribution in [0.4, 0.5) is 0 Å². The first-order chi connectivity index (χ1) is 3.27. The fourth-order valence-corrected chi connectivity index (χ4v) is 0.246. The SMILES string of the molecule is CCCOC(C)=O.[SnH2]. The van der Waals surface area contributed by atoms with Gasteiger partial charge in [-0.15, -0.1) is 0 Å². The van der Waals surface area contributed by atoms with E-state index in [9.17, 15) is 4.79 Å². The molecule has 48 valence electrons. The number of carbonyl (C=O) groups is 1. The fourth-order valence-electron chi connectivity index (χ4n) is 0.246. The van der Waals surface area contributed by atoms with E-state index in [2.05, 4.69) is 4.74 Å². The van der Waals surface area contributed by atoms with Crippen molar-refractivity contribution in [2.45, 2.75) is 20.3 Å². The van der Waals surface area contributed by atoms with Crippen LogP contribution >= 0.6 is 0 Å². The number of carbonyl (C=O) groups excluding carboxylic acids is 1. The minimum absolute atomic E-state index is 0. The van der Waals surface area contributed by atoms with Gasteiger partial charge in [-0.3, -0.25) is 4.79 Å². The molecule has 0 aliphatic heterocycles. The summed E-state index contributed by atoms with van der Waals surface area (Å²) in [6, 6.07) is 0. The third-order valence-corrected chi connectivity index (χ3v) is 0.509. The quantitative estimate of drug-likeness (QED) is 0.488. The van der Waals surface area contributed by atoms with E-state index >= 15 is 0 Å². The topological polar surface area (TPSA) is 26.3 Å². The molecule has 0 bridgehead atoms. The van der Waals surface area contributed by atoms with Crippen molar-refractivity contribution in [1.29, 1.82) is 0 Å². The van der Waals surface area contributed by atoms with Gasteiger partial charge in [-0.25, -0.2) is 0 Å². The van der Waals surface area contributed by atoms with Crippen LogP contribution in [0, 0.1) is 0 Å². The van der Waals surface area contributed by atoms with Crippen LogP contribution in [0.15, 0.2) is 0 Å². The van der Waals surface area contributed by atoms with Crippen LogP contribution in [-0.4, -0.2) is 36.5 Å². The molecule has 2 nitrogen and oxygen atoms in total. The predicted molar refractivity (Wildman–Crippen MR) is 35.5 cm³/mol. The van der Waals surface area contributed by atoms with Gasteiger partial charge in [-0.05, 0) is 6.42 Å². The Kier molecular flexibility index (Phi) is 10.1. The molecule has 0 aliphatic rings. The Morgan fingerprint density at radius 2 is 2.12 bits per heavy atom. The molecule has 0 aromatic heterocycles. The summed E-state index contributed by atoms with van der Waals surface area (Å²) in [7, 11) is 0. The molecule has 0 aromatic carbocycles. The van der Waals surface area contributed by atoms with Crippen molar-refractivity contribution in [2.24, 2.45) is 0 Å². The molecule has 0 rings (SSSR count). The Bertz CT molecular complexity index is 63.4. The molecule has 0 aromatic rings. The van der Waals surface area contributed by atoms with E-state index in [4.69, 9.17) is 0 Å². The first-order valence-electron chi connectivity index (χ1n) is 2.40. The van der Waals surface area contributed by atoms with Gasteiger partial charge in [0.2, 0.25) is 0 Å². The third-order valence-electron chi connectivity index (χ3n) is 0.509. The van der Waals surface area contributed by atoms with Gasteiger partial charge in [0.05, 0.1) is 6.61 Å². The number of esters is 1. The normalized spacial score (nSPS) is 7.25. The van der Waals surface area contributed by atoms with E-state index in [0.717, 1.165) is 6.42 Å². The van der Waals surface area contributed by atoms with Crippen molar-refractivity contribution in [3.63, 3.8) is 0 Å². The molecule has 3 heteroatoms. The predicted octanol–water partition coefficient (Wildman–Crippen LogP) is 0.0433. The fraction of sp³-hybridized carbons (Fsp3) is 0.800. The average Bonchev–Trinajstić information content (AvgIpc) is 1.61. The van der Waals surface area contributed by atoms with Crippen molar-refractivity contribution in [3.05, 3.63) is 0 Å². The first kappa shape index (κ1) is 11.1. The maximum atomic E-state index is 9.98. The molecule has 0 saturated heterocycles. The van der Waals surface area contributed by atoms with Gasteiger partial charge >= 0.3 is 29.9 Å². The van der Waals surface area contributed by atoms with E-state index in [1.807, 2.05) is 6.92 Å². The molecule has 0 heterocycles. The summed E-state index contributed by atoms with van der Waals surface area (Å²) in [5.41, 5.74) is 0. The molecule has 0 aliphatic carbocycles. The molecule has 0 saturated carbocycles. The van der Waals surface area contributed by atoms with Crippen LogP contribution in [0.3, 0.4) is 0 Å². The zero-order valence-electron chi connectivity index (χ0n) is 5.44. The van der Waals surface area contributed by atoms with Gasteiger partial charge < -0.3 is 4.74 Å². The van der Waals surface area contributed by atoms with Crippen molar-refractivity contribution >= 4 is 29.9 Å². The number of rotatable bonds is 2. The molecule has 0 amide bonds. The van der Waals surface area contributed by atoms with Gasteiger partial charge in [0, 0.05) is 6.92 Å². The van der Waals surface area contributed by atoms with Crippen LogP contribution in [0.2, 0.25) is 0 Å². The van der Waals surface area contributed by atoms with Gasteiger partial charge in [-0.2, -0.15) is 0 Å². The first-order valence-corrected chi connectivity index (χ1v) is 2.40. The molecular formula is C5H12O2Sn. The molecule has 2 radical (unpaired) electrons. The van der Waals surface area contributed by atoms with Crippen molar-refractivity contribution in [1.82, 2.24) is 0 Å². The molecule has 0 unspecified atom stereocenters. The Balaban J connectivity index is 0. The summed E-state index contributed by atoms with van der Waals surface area (Å²) in [5.74, 6) is -0.193.